The summed E-state index contributed by atoms with van der Waals surface area (Å²) in [6.45, 7) is 6.52. The molecule has 2 aliphatic rings. The van der Waals surface area contributed by atoms with Crippen molar-refractivity contribution >= 4 is 17.2 Å². The summed E-state index contributed by atoms with van der Waals surface area (Å²) in [5.41, 5.74) is 2.13. The van der Waals surface area contributed by atoms with Crippen LogP contribution in [-0.2, 0) is 9.47 Å². The zero-order valence-corrected chi connectivity index (χ0v) is 17.7. The van der Waals surface area contributed by atoms with Crippen molar-refractivity contribution in [1.29, 1.82) is 0 Å². The number of anilines is 3. The molecular formula is C23H31FN4O2. The first-order valence-corrected chi connectivity index (χ1v) is 10.8. The minimum Gasteiger partial charge on any atom is -0.383 e. The first-order chi connectivity index (χ1) is 14.7. The van der Waals surface area contributed by atoms with Gasteiger partial charge in [0.1, 0.15) is 11.6 Å². The molecule has 0 aliphatic carbocycles. The molecule has 7 heteroatoms. The van der Waals surface area contributed by atoms with Crippen molar-refractivity contribution in [3.8, 4) is 0 Å². The smallest absolute Gasteiger partial charge is 0.130 e. The van der Waals surface area contributed by atoms with E-state index in [1.807, 2.05) is 12.3 Å². The molecule has 2 aliphatic heterocycles. The average Bonchev–Trinajstić information content (AvgIpc) is 2.80. The maximum Gasteiger partial charge on any atom is 0.130 e. The Balaban J connectivity index is 1.54. The molecule has 2 aromatic rings. The molecule has 0 bridgehead atoms. The van der Waals surface area contributed by atoms with Crippen molar-refractivity contribution in [1.82, 2.24) is 4.98 Å². The third-order valence-corrected chi connectivity index (χ3v) is 5.95. The van der Waals surface area contributed by atoms with Crippen LogP contribution < -0.4 is 14.7 Å². The Labute approximate surface area is 178 Å². The van der Waals surface area contributed by atoms with Gasteiger partial charge < -0.3 is 24.2 Å². The number of benzene rings is 1. The number of aromatic nitrogens is 1. The van der Waals surface area contributed by atoms with Crippen LogP contribution in [0.25, 0.3) is 0 Å². The van der Waals surface area contributed by atoms with E-state index in [-0.39, 0.29) is 5.82 Å². The van der Waals surface area contributed by atoms with E-state index in [9.17, 15) is 4.39 Å². The minimum absolute atomic E-state index is 0.189. The Bertz CT molecular complexity index is 815. The monoisotopic (exact) mass is 414 g/mol. The molecular weight excluding hydrogens is 383 g/mol. The topological polar surface area (TPSA) is 41.1 Å². The van der Waals surface area contributed by atoms with Gasteiger partial charge in [0.2, 0.25) is 0 Å². The molecule has 4 rings (SSSR count). The molecule has 1 unspecified atom stereocenters. The van der Waals surface area contributed by atoms with Crippen LogP contribution in [0.1, 0.15) is 12.8 Å². The Morgan fingerprint density at radius 1 is 1.13 bits per heavy atom. The molecule has 1 atom stereocenters. The van der Waals surface area contributed by atoms with E-state index in [0.29, 0.717) is 12.6 Å². The normalized spacial score (nSPS) is 19.7. The zero-order valence-electron chi connectivity index (χ0n) is 17.7. The van der Waals surface area contributed by atoms with E-state index < -0.39 is 0 Å². The number of piperidine rings is 1. The van der Waals surface area contributed by atoms with Gasteiger partial charge in [-0.15, -0.1) is 0 Å². The fourth-order valence-electron chi connectivity index (χ4n) is 4.37. The summed E-state index contributed by atoms with van der Waals surface area (Å²) in [5.74, 6) is 0.785. The molecule has 0 amide bonds. The molecule has 0 spiro atoms. The van der Waals surface area contributed by atoms with E-state index in [1.54, 1.807) is 19.2 Å². The number of pyridine rings is 1. The first kappa shape index (κ1) is 20.9. The second-order valence-electron chi connectivity index (χ2n) is 7.88. The molecule has 6 nitrogen and oxygen atoms in total. The third kappa shape index (κ3) is 5.02. The zero-order chi connectivity index (χ0) is 20.8. The van der Waals surface area contributed by atoms with Gasteiger partial charge in [0.05, 0.1) is 19.8 Å². The maximum atomic E-state index is 13.8. The molecule has 1 aromatic heterocycles. The molecule has 0 N–H and O–H groups in total. The summed E-state index contributed by atoms with van der Waals surface area (Å²) in [6, 6.07) is 11.4. The van der Waals surface area contributed by atoms with Gasteiger partial charge in [-0.3, -0.25) is 0 Å². The minimum atomic E-state index is -0.189. The van der Waals surface area contributed by atoms with Crippen LogP contribution in [0.15, 0.2) is 42.6 Å². The lowest BCUT2D eigenvalue weighted by Crippen LogP contribution is -2.49. The first-order valence-electron chi connectivity index (χ1n) is 10.8. The van der Waals surface area contributed by atoms with Crippen LogP contribution in [-0.4, -0.2) is 70.7 Å². The summed E-state index contributed by atoms with van der Waals surface area (Å²) in [4.78, 5) is 11.7. The maximum absolute atomic E-state index is 13.8. The lowest BCUT2D eigenvalue weighted by Gasteiger charge is -2.41. The lowest BCUT2D eigenvalue weighted by atomic mass is 10.0. The number of hydrogen-bond acceptors (Lipinski definition) is 6. The highest BCUT2D eigenvalue weighted by molar-refractivity contribution is 5.56. The van der Waals surface area contributed by atoms with Crippen LogP contribution in [0, 0.1) is 5.82 Å². The quantitative estimate of drug-likeness (QED) is 0.693. The van der Waals surface area contributed by atoms with Crippen LogP contribution in [0.4, 0.5) is 21.6 Å². The van der Waals surface area contributed by atoms with Crippen molar-refractivity contribution in [3.05, 3.63) is 48.4 Å². The fourth-order valence-corrected chi connectivity index (χ4v) is 4.37. The molecule has 2 saturated heterocycles. The van der Waals surface area contributed by atoms with Gasteiger partial charge in [0.25, 0.3) is 0 Å². The molecule has 0 saturated carbocycles. The summed E-state index contributed by atoms with van der Waals surface area (Å²) in [5, 5.41) is 0. The number of ether oxygens (including phenoxy) is 2. The van der Waals surface area contributed by atoms with Crippen molar-refractivity contribution in [2.24, 2.45) is 0 Å². The van der Waals surface area contributed by atoms with Crippen molar-refractivity contribution in [2.45, 2.75) is 18.9 Å². The highest BCUT2D eigenvalue weighted by Crippen LogP contribution is 2.28. The van der Waals surface area contributed by atoms with E-state index in [1.165, 1.54) is 11.8 Å². The summed E-state index contributed by atoms with van der Waals surface area (Å²) >= 11 is 0. The largest absolute Gasteiger partial charge is 0.383 e. The summed E-state index contributed by atoms with van der Waals surface area (Å²) in [6.07, 6.45) is 4.04. The van der Waals surface area contributed by atoms with Gasteiger partial charge >= 0.3 is 0 Å². The molecule has 30 heavy (non-hydrogen) atoms. The third-order valence-electron chi connectivity index (χ3n) is 5.95. The lowest BCUT2D eigenvalue weighted by molar-refractivity contribution is 0.122. The van der Waals surface area contributed by atoms with Crippen molar-refractivity contribution in [2.75, 3.05) is 74.4 Å². The van der Waals surface area contributed by atoms with Crippen LogP contribution in [0.3, 0.4) is 0 Å². The average molecular weight is 415 g/mol. The fraction of sp³-hybridized carbons (Fsp3) is 0.522. The number of rotatable bonds is 7. The molecule has 1 aromatic carbocycles. The van der Waals surface area contributed by atoms with E-state index in [0.717, 1.165) is 70.3 Å². The van der Waals surface area contributed by atoms with Crippen molar-refractivity contribution < 1.29 is 13.9 Å². The standard InChI is InChI=1S/C23H31FN4O2/c1-29-13-12-28(23-17-21(7-8-25-23)26-10-14-30-15-11-26)22-6-3-9-27(18-22)20-5-2-4-19(24)16-20/h2,4-5,7-8,16-17,22H,3,6,9-15,18H2,1H3. The van der Waals surface area contributed by atoms with Gasteiger partial charge in [0, 0.05) is 69.5 Å². The number of morpholine rings is 1. The van der Waals surface area contributed by atoms with Crippen LogP contribution >= 0.6 is 0 Å². The summed E-state index contributed by atoms with van der Waals surface area (Å²) in [7, 11) is 1.73. The predicted octanol–water partition coefficient (Wildman–Crippen LogP) is 3.18. The Morgan fingerprint density at radius 3 is 2.77 bits per heavy atom. The second-order valence-corrected chi connectivity index (χ2v) is 7.88. The highest BCUT2D eigenvalue weighted by Gasteiger charge is 2.27. The summed E-state index contributed by atoms with van der Waals surface area (Å²) < 4.78 is 24.6. The van der Waals surface area contributed by atoms with E-state index in [2.05, 4.69) is 26.8 Å². The SMILES string of the molecule is COCCN(c1cc(N2CCOCC2)ccn1)C1CCCN(c2cccc(F)c2)C1. The molecule has 162 valence electrons. The predicted molar refractivity (Wildman–Crippen MR) is 118 cm³/mol. The van der Waals surface area contributed by atoms with Gasteiger partial charge in [0.15, 0.2) is 0 Å². The molecule has 3 heterocycles. The molecule has 0 radical (unpaired) electrons. The number of nitrogens with zero attached hydrogens (tertiary/aromatic N) is 4. The second kappa shape index (κ2) is 10.1. The van der Waals surface area contributed by atoms with Gasteiger partial charge in [-0.05, 0) is 37.1 Å². The van der Waals surface area contributed by atoms with Gasteiger partial charge in [-0.2, -0.15) is 0 Å². The van der Waals surface area contributed by atoms with E-state index >= 15 is 0 Å². The van der Waals surface area contributed by atoms with Crippen LogP contribution in [0.2, 0.25) is 0 Å². The van der Waals surface area contributed by atoms with Gasteiger partial charge in [-0.1, -0.05) is 6.07 Å². The number of methoxy groups -OCH3 is 1. The van der Waals surface area contributed by atoms with Gasteiger partial charge in [-0.25, -0.2) is 9.37 Å². The molecule has 2 fully saturated rings. The number of halogens is 1. The van der Waals surface area contributed by atoms with Crippen molar-refractivity contribution in [3.63, 3.8) is 0 Å². The Hall–Kier alpha value is -2.38. The number of hydrogen-bond donors (Lipinski definition) is 0. The highest BCUT2D eigenvalue weighted by atomic mass is 19.1. The Morgan fingerprint density at radius 2 is 1.97 bits per heavy atom. The van der Waals surface area contributed by atoms with Crippen LogP contribution in [0.5, 0.6) is 0 Å². The Kier molecular flexibility index (Phi) is 7.02. The van der Waals surface area contributed by atoms with E-state index in [4.69, 9.17) is 14.5 Å².